The maximum Gasteiger partial charge on any atom is 0.308 e. The minimum absolute atomic E-state index is 0.104. The van der Waals surface area contributed by atoms with E-state index >= 15 is 0 Å². The number of rotatable bonds is 12. The van der Waals surface area contributed by atoms with Gasteiger partial charge in [-0.05, 0) is 93.5 Å². The van der Waals surface area contributed by atoms with Crippen LogP contribution in [0.3, 0.4) is 0 Å². The van der Waals surface area contributed by atoms with Gasteiger partial charge < -0.3 is 19.7 Å². The summed E-state index contributed by atoms with van der Waals surface area (Å²) in [6, 6.07) is 18.7. The molecule has 1 aliphatic heterocycles. The topological polar surface area (TPSA) is 67.9 Å². The number of ether oxygens (including phenoxy) is 2. The lowest BCUT2D eigenvalue weighted by atomic mass is 9.55. The van der Waals surface area contributed by atoms with E-state index in [4.69, 9.17) is 9.47 Å². The van der Waals surface area contributed by atoms with Crippen LogP contribution in [-0.4, -0.2) is 55.2 Å². The van der Waals surface area contributed by atoms with Crippen LogP contribution in [0.5, 0.6) is 5.75 Å². The molecule has 3 fully saturated rings. The van der Waals surface area contributed by atoms with Crippen molar-refractivity contribution in [2.75, 3.05) is 26.7 Å². The number of amides is 1. The predicted molar refractivity (Wildman–Crippen MR) is 157 cm³/mol. The Hall–Kier alpha value is -2.70. The molecule has 2 aromatic rings. The quantitative estimate of drug-likeness (QED) is 0.206. The highest BCUT2D eigenvalue weighted by Gasteiger charge is 2.59. The van der Waals surface area contributed by atoms with Crippen molar-refractivity contribution < 1.29 is 19.1 Å². The molecule has 1 saturated heterocycles. The van der Waals surface area contributed by atoms with Crippen molar-refractivity contribution in [3.63, 3.8) is 0 Å². The summed E-state index contributed by atoms with van der Waals surface area (Å²) < 4.78 is 12.0. The second-order valence-electron chi connectivity index (χ2n) is 12.4. The van der Waals surface area contributed by atoms with Crippen molar-refractivity contribution in [1.29, 1.82) is 0 Å². The molecule has 0 aromatic heterocycles. The highest BCUT2D eigenvalue weighted by atomic mass is 16.5. The molecule has 3 atom stereocenters. The van der Waals surface area contributed by atoms with E-state index in [0.717, 1.165) is 82.5 Å². The van der Waals surface area contributed by atoms with E-state index < -0.39 is 0 Å². The fraction of sp³-hybridized carbons (Fsp3) is 0.588. The number of aryl methyl sites for hydroxylation is 1. The van der Waals surface area contributed by atoms with Crippen molar-refractivity contribution in [2.24, 2.45) is 5.92 Å². The molecule has 1 amide bonds. The molecule has 2 aliphatic carbocycles. The van der Waals surface area contributed by atoms with E-state index in [-0.39, 0.29) is 28.9 Å². The lowest BCUT2D eigenvalue weighted by Crippen LogP contribution is -2.68. The molecule has 1 heterocycles. The Bertz CT molecular complexity index is 1150. The fourth-order valence-corrected chi connectivity index (χ4v) is 7.30. The fourth-order valence-electron chi connectivity index (χ4n) is 7.30. The van der Waals surface area contributed by atoms with Crippen LogP contribution in [0, 0.1) is 5.92 Å². The van der Waals surface area contributed by atoms with Gasteiger partial charge in [0.2, 0.25) is 5.91 Å². The Balaban J connectivity index is 1.26. The summed E-state index contributed by atoms with van der Waals surface area (Å²) in [5.41, 5.74) is 1.92. The third-order valence-electron chi connectivity index (χ3n) is 9.53. The Morgan fingerprint density at radius 2 is 1.82 bits per heavy atom. The molecule has 2 saturated carbocycles. The molecule has 216 valence electrons. The van der Waals surface area contributed by atoms with Crippen molar-refractivity contribution >= 4 is 11.9 Å². The van der Waals surface area contributed by atoms with E-state index in [2.05, 4.69) is 40.5 Å². The third-order valence-corrected chi connectivity index (χ3v) is 9.53. The van der Waals surface area contributed by atoms with Crippen LogP contribution in [0.15, 0.2) is 54.6 Å². The Labute approximate surface area is 239 Å². The maximum atomic E-state index is 13.0. The molecule has 0 spiro atoms. The van der Waals surface area contributed by atoms with Crippen molar-refractivity contribution in [2.45, 2.75) is 94.6 Å². The van der Waals surface area contributed by atoms with E-state index in [0.29, 0.717) is 12.2 Å². The summed E-state index contributed by atoms with van der Waals surface area (Å²) in [4.78, 5) is 27.4. The number of fused-ring (bicyclic) bond motifs is 1. The maximum absolute atomic E-state index is 13.0. The second-order valence-corrected chi connectivity index (χ2v) is 12.4. The van der Waals surface area contributed by atoms with Gasteiger partial charge in [0.05, 0.1) is 5.60 Å². The first-order chi connectivity index (χ1) is 19.4. The molecule has 1 N–H and O–H groups in total. The molecule has 40 heavy (non-hydrogen) atoms. The lowest BCUT2D eigenvalue weighted by molar-refractivity contribution is -0.151. The zero-order chi connectivity index (χ0) is 28.0. The molecule has 0 bridgehead atoms. The highest BCUT2D eigenvalue weighted by Crippen LogP contribution is 2.54. The monoisotopic (exact) mass is 546 g/mol. The third kappa shape index (κ3) is 6.77. The normalized spacial score (nSPS) is 26.6. The number of carbonyl (C=O) groups is 2. The van der Waals surface area contributed by atoms with Crippen molar-refractivity contribution in [1.82, 2.24) is 10.2 Å². The molecule has 5 rings (SSSR count). The second kappa shape index (κ2) is 12.9. The zero-order valence-electron chi connectivity index (χ0n) is 24.3. The van der Waals surface area contributed by atoms with Gasteiger partial charge in [-0.1, -0.05) is 48.9 Å². The van der Waals surface area contributed by atoms with Crippen LogP contribution in [0.1, 0.15) is 82.3 Å². The van der Waals surface area contributed by atoms with Gasteiger partial charge in [-0.2, -0.15) is 0 Å². The molecule has 0 radical (unpaired) electrons. The average Bonchev–Trinajstić information content (AvgIpc) is 3.77. The van der Waals surface area contributed by atoms with Crippen LogP contribution >= 0.6 is 0 Å². The van der Waals surface area contributed by atoms with Gasteiger partial charge in [-0.25, -0.2) is 0 Å². The Morgan fingerprint density at radius 1 is 1.00 bits per heavy atom. The number of nitrogens with one attached hydrogen (secondary N) is 1. The van der Waals surface area contributed by atoms with Crippen LogP contribution < -0.4 is 10.1 Å². The molecule has 6 nitrogen and oxygen atoms in total. The van der Waals surface area contributed by atoms with Gasteiger partial charge in [0, 0.05) is 45.0 Å². The predicted octanol–water partition coefficient (Wildman–Crippen LogP) is 5.82. The summed E-state index contributed by atoms with van der Waals surface area (Å²) in [5, 5.41) is 3.40. The SMILES string of the molecule is CO[C@]12CC[C@H](NC(=O)CCCCCc3ccccc3)C[C@]1(c1cccc(OC(C)=O)c1)CCN(CC1CC1)C2. The summed E-state index contributed by atoms with van der Waals surface area (Å²) in [5.74, 6) is 1.25. The lowest BCUT2D eigenvalue weighted by Gasteiger charge is -2.60. The molecular formula is C34H46N2O4. The number of benzene rings is 2. The first-order valence-electron chi connectivity index (χ1n) is 15.3. The number of methoxy groups -OCH3 is 1. The summed E-state index contributed by atoms with van der Waals surface area (Å²) in [6.07, 6.45) is 11.0. The van der Waals surface area contributed by atoms with Gasteiger partial charge >= 0.3 is 5.97 Å². The summed E-state index contributed by atoms with van der Waals surface area (Å²) in [6.45, 7) is 4.51. The number of hydrogen-bond acceptors (Lipinski definition) is 5. The number of unbranched alkanes of at least 4 members (excludes halogenated alkanes) is 2. The van der Waals surface area contributed by atoms with E-state index in [1.165, 1.54) is 25.3 Å². The number of piperidine rings is 1. The first kappa shape index (κ1) is 28.8. The zero-order valence-corrected chi connectivity index (χ0v) is 24.3. The molecule has 3 aliphatic rings. The Morgan fingerprint density at radius 3 is 2.58 bits per heavy atom. The molecular weight excluding hydrogens is 500 g/mol. The standard InChI is InChI=1S/C34H46N2O4/c1-26(37)40-31-14-9-13-29(22-31)33-20-21-36(24-28-16-17-28)25-34(33,39-2)19-18-30(23-33)35-32(38)15-8-4-7-12-27-10-5-3-6-11-27/h3,5-6,9-11,13-14,22,28,30H,4,7-8,12,15-21,23-25H2,1-2H3,(H,35,38)/t30-,33-,34-/m0/s1. The minimum atomic E-state index is -0.340. The average molecular weight is 547 g/mol. The van der Waals surface area contributed by atoms with Crippen LogP contribution in [0.4, 0.5) is 0 Å². The van der Waals surface area contributed by atoms with Crippen molar-refractivity contribution in [3.05, 3.63) is 65.7 Å². The summed E-state index contributed by atoms with van der Waals surface area (Å²) in [7, 11) is 1.86. The number of esters is 1. The first-order valence-corrected chi connectivity index (χ1v) is 15.3. The number of carbonyl (C=O) groups excluding carboxylic acids is 2. The van der Waals surface area contributed by atoms with Gasteiger partial charge in [-0.15, -0.1) is 0 Å². The van der Waals surface area contributed by atoms with Crippen LogP contribution in [0.2, 0.25) is 0 Å². The summed E-state index contributed by atoms with van der Waals surface area (Å²) >= 11 is 0. The number of hydrogen-bond donors (Lipinski definition) is 1. The van der Waals surface area contributed by atoms with Gasteiger partial charge in [0.1, 0.15) is 5.75 Å². The largest absolute Gasteiger partial charge is 0.427 e. The smallest absolute Gasteiger partial charge is 0.308 e. The Kier molecular flexibility index (Phi) is 9.27. The van der Waals surface area contributed by atoms with Gasteiger partial charge in [0.25, 0.3) is 0 Å². The number of likely N-dealkylation sites (tertiary alicyclic amines) is 1. The van der Waals surface area contributed by atoms with Gasteiger partial charge in [0.15, 0.2) is 0 Å². The van der Waals surface area contributed by atoms with Crippen LogP contribution in [0.25, 0.3) is 0 Å². The highest BCUT2D eigenvalue weighted by molar-refractivity contribution is 5.76. The van der Waals surface area contributed by atoms with Crippen LogP contribution in [-0.2, 0) is 26.2 Å². The molecule has 2 aromatic carbocycles. The van der Waals surface area contributed by atoms with E-state index in [9.17, 15) is 9.59 Å². The van der Waals surface area contributed by atoms with Crippen molar-refractivity contribution in [3.8, 4) is 5.75 Å². The van der Waals surface area contributed by atoms with E-state index in [1.807, 2.05) is 31.4 Å². The minimum Gasteiger partial charge on any atom is -0.427 e. The molecule has 6 heteroatoms. The number of nitrogens with zero attached hydrogens (tertiary/aromatic N) is 1. The van der Waals surface area contributed by atoms with Gasteiger partial charge in [-0.3, -0.25) is 9.59 Å². The van der Waals surface area contributed by atoms with E-state index in [1.54, 1.807) is 0 Å². The molecule has 0 unspecified atom stereocenters.